The van der Waals surface area contributed by atoms with Crippen LogP contribution in [0.1, 0.15) is 25.3 Å². The fourth-order valence-corrected chi connectivity index (χ4v) is 3.04. The lowest BCUT2D eigenvalue weighted by molar-refractivity contribution is -0.384. The number of aryl methyl sites for hydroxylation is 1. The number of nitro benzene ring substituents is 1. The molecule has 0 aliphatic carbocycles. The van der Waals surface area contributed by atoms with Gasteiger partial charge in [0.05, 0.1) is 23.6 Å². The Kier molecular flexibility index (Phi) is 5.58. The number of para-hydroxylation sites is 2. The van der Waals surface area contributed by atoms with Crippen molar-refractivity contribution in [2.45, 2.75) is 32.7 Å². The van der Waals surface area contributed by atoms with E-state index in [1.54, 1.807) is 37.3 Å². The zero-order chi connectivity index (χ0) is 20.3. The number of non-ortho nitro benzene ring substituents is 1. The highest BCUT2D eigenvalue weighted by Gasteiger charge is 2.41. The average molecular weight is 383 g/mol. The monoisotopic (exact) mass is 383 g/mol. The Morgan fingerprint density at radius 3 is 2.71 bits per heavy atom. The van der Waals surface area contributed by atoms with Gasteiger partial charge in [-0.2, -0.15) is 0 Å². The van der Waals surface area contributed by atoms with Gasteiger partial charge in [0.2, 0.25) is 5.91 Å². The van der Waals surface area contributed by atoms with E-state index in [1.807, 2.05) is 6.92 Å². The molecule has 28 heavy (non-hydrogen) atoms. The first-order valence-electron chi connectivity index (χ1n) is 9.02. The van der Waals surface area contributed by atoms with E-state index < -0.39 is 16.9 Å². The van der Waals surface area contributed by atoms with Crippen LogP contribution in [0.2, 0.25) is 0 Å². The second-order valence-electron chi connectivity index (χ2n) is 6.54. The molecule has 0 radical (unpaired) electrons. The molecule has 1 aliphatic rings. The lowest BCUT2D eigenvalue weighted by Crippen LogP contribution is -2.35. The minimum atomic E-state index is -0.799. The van der Waals surface area contributed by atoms with Crippen molar-refractivity contribution in [2.24, 2.45) is 0 Å². The van der Waals surface area contributed by atoms with Crippen LogP contribution in [0.25, 0.3) is 0 Å². The molecule has 0 aromatic heterocycles. The highest BCUT2D eigenvalue weighted by Crippen LogP contribution is 2.33. The number of carbonyl (C=O) groups excluding carboxylic acids is 2. The first-order valence-corrected chi connectivity index (χ1v) is 9.02. The highest BCUT2D eigenvalue weighted by molar-refractivity contribution is 6.23. The molecule has 2 aromatic carbocycles. The smallest absolute Gasteiger partial charge is 0.271 e. The number of nitro groups is 1. The van der Waals surface area contributed by atoms with E-state index in [2.05, 4.69) is 5.32 Å². The average Bonchev–Trinajstić information content (AvgIpc) is 2.95. The Morgan fingerprint density at radius 2 is 2.00 bits per heavy atom. The molecule has 8 heteroatoms. The molecule has 3 rings (SSSR count). The van der Waals surface area contributed by atoms with Crippen LogP contribution in [0.3, 0.4) is 0 Å². The number of amides is 2. The van der Waals surface area contributed by atoms with Crippen LogP contribution in [-0.2, 0) is 9.59 Å². The van der Waals surface area contributed by atoms with Gasteiger partial charge in [-0.3, -0.25) is 19.7 Å². The lowest BCUT2D eigenvalue weighted by Gasteiger charge is -2.19. The molecule has 146 valence electrons. The fourth-order valence-electron chi connectivity index (χ4n) is 3.04. The van der Waals surface area contributed by atoms with Crippen LogP contribution in [0, 0.1) is 17.0 Å². The van der Waals surface area contributed by atoms with E-state index in [0.717, 1.165) is 16.9 Å². The normalized spacial score (nSPS) is 16.4. The van der Waals surface area contributed by atoms with Crippen LogP contribution >= 0.6 is 0 Å². The zero-order valence-corrected chi connectivity index (χ0v) is 15.7. The quantitative estimate of drug-likeness (QED) is 0.446. The van der Waals surface area contributed by atoms with E-state index in [9.17, 15) is 19.7 Å². The number of hydrogen-bond acceptors (Lipinski definition) is 6. The predicted octanol–water partition coefficient (Wildman–Crippen LogP) is 3.44. The molecular formula is C20H21N3O5. The van der Waals surface area contributed by atoms with Crippen molar-refractivity contribution in [3.63, 3.8) is 0 Å². The largest absolute Gasteiger partial charge is 0.491 e. The molecular weight excluding hydrogens is 362 g/mol. The van der Waals surface area contributed by atoms with Gasteiger partial charge in [-0.1, -0.05) is 25.1 Å². The third kappa shape index (κ3) is 3.80. The van der Waals surface area contributed by atoms with Crippen molar-refractivity contribution in [3.05, 3.63) is 58.1 Å². The minimum absolute atomic E-state index is 0.0386. The molecule has 0 spiro atoms. The van der Waals surface area contributed by atoms with Crippen molar-refractivity contribution in [1.82, 2.24) is 0 Å². The Bertz CT molecular complexity index is 928. The van der Waals surface area contributed by atoms with Crippen molar-refractivity contribution in [3.8, 4) is 5.75 Å². The second kappa shape index (κ2) is 8.08. The number of ether oxygens (including phenoxy) is 1. The predicted molar refractivity (Wildman–Crippen MR) is 105 cm³/mol. The molecule has 1 saturated heterocycles. The molecule has 0 saturated carbocycles. The number of nitrogens with one attached hydrogen (secondary N) is 1. The number of anilines is 2. The minimum Gasteiger partial charge on any atom is -0.491 e. The van der Waals surface area contributed by atoms with Crippen molar-refractivity contribution in [2.75, 3.05) is 16.8 Å². The number of nitrogens with zero attached hydrogens (tertiary/aromatic N) is 2. The first kappa shape index (κ1) is 19.3. The molecule has 2 aromatic rings. The molecule has 1 heterocycles. The van der Waals surface area contributed by atoms with Crippen molar-refractivity contribution in [1.29, 1.82) is 0 Å². The van der Waals surface area contributed by atoms with Gasteiger partial charge in [-0.15, -0.1) is 0 Å². The number of imide groups is 1. The van der Waals surface area contributed by atoms with Crippen molar-refractivity contribution < 1.29 is 19.2 Å². The second-order valence-corrected chi connectivity index (χ2v) is 6.54. The van der Waals surface area contributed by atoms with Gasteiger partial charge in [-0.25, -0.2) is 4.90 Å². The third-order valence-electron chi connectivity index (χ3n) is 4.48. The van der Waals surface area contributed by atoms with Crippen LogP contribution in [0.15, 0.2) is 42.5 Å². The molecule has 8 nitrogen and oxygen atoms in total. The number of rotatable bonds is 7. The summed E-state index contributed by atoms with van der Waals surface area (Å²) in [4.78, 5) is 37.1. The number of hydrogen-bond donors (Lipinski definition) is 1. The standard InChI is InChI=1S/C20H21N3O5/c1-3-10-28-18-7-5-4-6-17(18)22-19(24)12-16(20(22)25)21-15-11-14(23(26)27)9-8-13(15)2/h4-9,11,16,21H,3,10,12H2,1-2H3/t16-/m1/s1. The number of benzene rings is 2. The topological polar surface area (TPSA) is 102 Å². The van der Waals surface area contributed by atoms with Crippen LogP contribution in [0.5, 0.6) is 5.75 Å². The molecule has 1 N–H and O–H groups in total. The van der Waals surface area contributed by atoms with Gasteiger partial charge < -0.3 is 10.1 Å². The zero-order valence-electron chi connectivity index (χ0n) is 15.7. The van der Waals surface area contributed by atoms with E-state index in [4.69, 9.17) is 4.74 Å². The summed E-state index contributed by atoms with van der Waals surface area (Å²) in [6.07, 6.45) is 0.759. The summed E-state index contributed by atoms with van der Waals surface area (Å²) in [7, 11) is 0. The van der Waals surface area contributed by atoms with Crippen molar-refractivity contribution >= 4 is 28.9 Å². The fraction of sp³-hybridized carbons (Fsp3) is 0.300. The molecule has 1 fully saturated rings. The molecule has 1 aliphatic heterocycles. The summed E-state index contributed by atoms with van der Waals surface area (Å²) in [5.74, 6) is -0.292. The maximum atomic E-state index is 12.9. The van der Waals surface area contributed by atoms with Crippen LogP contribution < -0.4 is 15.0 Å². The maximum Gasteiger partial charge on any atom is 0.271 e. The van der Waals surface area contributed by atoms with Crippen LogP contribution in [-0.4, -0.2) is 29.4 Å². The summed E-state index contributed by atoms with van der Waals surface area (Å²) < 4.78 is 5.67. The van der Waals surface area contributed by atoms with E-state index in [1.165, 1.54) is 12.1 Å². The summed E-state index contributed by atoms with van der Waals surface area (Å²) in [5.41, 5.74) is 1.53. The molecule has 2 amide bonds. The van der Waals surface area contributed by atoms with E-state index in [-0.39, 0.29) is 18.0 Å². The SMILES string of the molecule is CCCOc1ccccc1N1C(=O)C[C@@H](Nc2cc([N+](=O)[O-])ccc2C)C1=O. The first-order chi connectivity index (χ1) is 13.4. The summed E-state index contributed by atoms with van der Waals surface area (Å²) >= 11 is 0. The van der Waals surface area contributed by atoms with Gasteiger partial charge in [0.25, 0.3) is 11.6 Å². The van der Waals surface area contributed by atoms with Gasteiger partial charge in [0.1, 0.15) is 11.8 Å². The van der Waals surface area contributed by atoms with Gasteiger partial charge >= 0.3 is 0 Å². The third-order valence-corrected chi connectivity index (χ3v) is 4.48. The Hall–Kier alpha value is -3.42. The lowest BCUT2D eigenvalue weighted by atomic mass is 10.1. The molecule has 1 atom stereocenters. The highest BCUT2D eigenvalue weighted by atomic mass is 16.6. The molecule has 0 unspecified atom stereocenters. The van der Waals surface area contributed by atoms with E-state index in [0.29, 0.717) is 23.7 Å². The maximum absolute atomic E-state index is 12.9. The van der Waals surface area contributed by atoms with Crippen LogP contribution in [0.4, 0.5) is 17.1 Å². The summed E-state index contributed by atoms with van der Waals surface area (Å²) in [5, 5.41) is 14.0. The van der Waals surface area contributed by atoms with E-state index >= 15 is 0 Å². The van der Waals surface area contributed by atoms with Gasteiger partial charge in [0, 0.05) is 17.8 Å². The Morgan fingerprint density at radius 1 is 1.25 bits per heavy atom. The van der Waals surface area contributed by atoms with Gasteiger partial charge in [0.15, 0.2) is 0 Å². The number of carbonyl (C=O) groups is 2. The Labute approximate surface area is 162 Å². The summed E-state index contributed by atoms with van der Waals surface area (Å²) in [6, 6.07) is 10.5. The Balaban J connectivity index is 1.85. The van der Waals surface area contributed by atoms with Gasteiger partial charge in [-0.05, 0) is 31.0 Å². The molecule has 0 bridgehead atoms. The summed E-state index contributed by atoms with van der Waals surface area (Å²) in [6.45, 7) is 4.22.